The van der Waals surface area contributed by atoms with Crippen LogP contribution in [0.15, 0.2) is 103 Å². The highest BCUT2D eigenvalue weighted by molar-refractivity contribution is 5.67. The molecule has 5 aromatic rings. The minimum Gasteiger partial charge on any atom is -0.497 e. The van der Waals surface area contributed by atoms with Crippen LogP contribution in [-0.4, -0.2) is 16.7 Å². The first-order chi connectivity index (χ1) is 17.7. The van der Waals surface area contributed by atoms with Crippen LogP contribution in [0, 0.1) is 6.92 Å². The maximum Gasteiger partial charge on any atom is 0.118 e. The minimum atomic E-state index is -0.0263. The van der Waals surface area contributed by atoms with Crippen LogP contribution in [0.2, 0.25) is 0 Å². The molecule has 4 aromatic carbocycles. The number of nitrogens with one attached hydrogen (secondary N) is 1. The minimum absolute atomic E-state index is 0.0263. The highest BCUT2D eigenvalue weighted by atomic mass is 16.5. The van der Waals surface area contributed by atoms with Crippen LogP contribution >= 0.6 is 0 Å². The van der Waals surface area contributed by atoms with Gasteiger partial charge in [-0.25, -0.2) is 4.98 Å². The standard InChI is InChI=1S/C32H29N3O/c1-22-12-16-25(17-13-22)30-32-31(24-8-4-3-5-9-24)34-29(20-23-14-18-27(36-2)19-15-23)35(32)21-26-10-6-7-11-28(26)33-30/h3-19,30,33H,20-21H2,1-2H3. The number of fused-ring (bicyclic) bond motifs is 2. The van der Waals surface area contributed by atoms with Gasteiger partial charge in [0.05, 0.1) is 31.1 Å². The number of anilines is 1. The van der Waals surface area contributed by atoms with E-state index in [0.717, 1.165) is 35.8 Å². The van der Waals surface area contributed by atoms with Gasteiger partial charge in [0, 0.05) is 17.7 Å². The van der Waals surface area contributed by atoms with Gasteiger partial charge in [0.25, 0.3) is 0 Å². The molecule has 6 rings (SSSR count). The second-order valence-electron chi connectivity index (χ2n) is 9.38. The highest BCUT2D eigenvalue weighted by Crippen LogP contribution is 2.39. The predicted molar refractivity (Wildman–Crippen MR) is 146 cm³/mol. The summed E-state index contributed by atoms with van der Waals surface area (Å²) in [5.74, 6) is 1.92. The smallest absolute Gasteiger partial charge is 0.118 e. The lowest BCUT2D eigenvalue weighted by Crippen LogP contribution is -2.16. The Morgan fingerprint density at radius 1 is 0.861 bits per heavy atom. The molecule has 0 spiro atoms. The molecule has 1 aromatic heterocycles. The number of benzene rings is 4. The molecule has 178 valence electrons. The summed E-state index contributed by atoms with van der Waals surface area (Å²) in [6.07, 6.45) is 0.743. The average molecular weight is 472 g/mol. The zero-order valence-corrected chi connectivity index (χ0v) is 20.6. The van der Waals surface area contributed by atoms with Crippen molar-refractivity contribution >= 4 is 5.69 Å². The fourth-order valence-corrected chi connectivity index (χ4v) is 5.05. The Morgan fingerprint density at radius 2 is 1.58 bits per heavy atom. The number of nitrogens with zero attached hydrogens (tertiary/aromatic N) is 2. The van der Waals surface area contributed by atoms with Crippen molar-refractivity contribution in [1.29, 1.82) is 0 Å². The number of hydrogen-bond acceptors (Lipinski definition) is 3. The van der Waals surface area contributed by atoms with E-state index in [2.05, 4.69) is 108 Å². The van der Waals surface area contributed by atoms with E-state index in [1.165, 1.54) is 33.6 Å². The molecule has 0 amide bonds. The van der Waals surface area contributed by atoms with Gasteiger partial charge in [-0.15, -0.1) is 0 Å². The summed E-state index contributed by atoms with van der Waals surface area (Å²) < 4.78 is 7.80. The zero-order valence-electron chi connectivity index (χ0n) is 20.6. The molecular formula is C32H29N3O. The predicted octanol–water partition coefficient (Wildman–Crippen LogP) is 7.02. The molecule has 0 radical (unpaired) electrons. The molecule has 36 heavy (non-hydrogen) atoms. The van der Waals surface area contributed by atoms with Gasteiger partial charge in [0.1, 0.15) is 11.6 Å². The molecule has 0 bridgehead atoms. The summed E-state index contributed by atoms with van der Waals surface area (Å²) in [4.78, 5) is 5.30. The number of hydrogen-bond donors (Lipinski definition) is 1. The van der Waals surface area contributed by atoms with Crippen LogP contribution in [0.1, 0.15) is 39.8 Å². The Hall–Kier alpha value is -4.31. The van der Waals surface area contributed by atoms with Crippen molar-refractivity contribution in [2.24, 2.45) is 0 Å². The number of rotatable bonds is 5. The second-order valence-corrected chi connectivity index (χ2v) is 9.38. The maximum atomic E-state index is 5.37. The van der Waals surface area contributed by atoms with Crippen LogP contribution in [0.25, 0.3) is 11.3 Å². The van der Waals surface area contributed by atoms with Gasteiger partial charge in [-0.3, -0.25) is 0 Å². The van der Waals surface area contributed by atoms with Crippen molar-refractivity contribution in [2.75, 3.05) is 12.4 Å². The molecule has 0 fully saturated rings. The molecule has 0 aliphatic carbocycles. The lowest BCUT2D eigenvalue weighted by atomic mass is 9.98. The SMILES string of the molecule is COc1ccc(Cc2nc(-c3ccccc3)c3n2Cc2ccccc2NC3c2ccc(C)cc2)cc1. The van der Waals surface area contributed by atoms with Crippen LogP contribution < -0.4 is 10.1 Å². The highest BCUT2D eigenvalue weighted by Gasteiger charge is 2.30. The van der Waals surface area contributed by atoms with E-state index >= 15 is 0 Å². The number of imidazole rings is 1. The van der Waals surface area contributed by atoms with Gasteiger partial charge in [-0.1, -0.05) is 90.5 Å². The van der Waals surface area contributed by atoms with E-state index in [4.69, 9.17) is 9.72 Å². The monoisotopic (exact) mass is 471 g/mol. The Labute approximate surface area is 212 Å². The van der Waals surface area contributed by atoms with Crippen LogP contribution in [0.5, 0.6) is 5.75 Å². The van der Waals surface area contributed by atoms with Crippen molar-refractivity contribution in [3.8, 4) is 17.0 Å². The lowest BCUT2D eigenvalue weighted by Gasteiger charge is -2.21. The molecule has 0 saturated heterocycles. The average Bonchev–Trinajstić information content (AvgIpc) is 3.16. The summed E-state index contributed by atoms with van der Waals surface area (Å²) in [5.41, 5.74) is 9.49. The van der Waals surface area contributed by atoms with Crippen molar-refractivity contribution in [1.82, 2.24) is 9.55 Å². The van der Waals surface area contributed by atoms with Crippen LogP contribution in [-0.2, 0) is 13.0 Å². The second kappa shape index (κ2) is 9.38. The summed E-state index contributed by atoms with van der Waals surface area (Å²) in [7, 11) is 1.70. The maximum absolute atomic E-state index is 5.37. The normalized spacial score (nSPS) is 14.3. The lowest BCUT2D eigenvalue weighted by molar-refractivity contribution is 0.414. The number of para-hydroxylation sites is 1. The fraction of sp³-hybridized carbons (Fsp3) is 0.156. The summed E-state index contributed by atoms with van der Waals surface area (Å²) in [5, 5.41) is 3.88. The Balaban J connectivity index is 1.56. The van der Waals surface area contributed by atoms with Crippen LogP contribution in [0.3, 0.4) is 0 Å². The molecule has 2 heterocycles. The van der Waals surface area contributed by atoms with Gasteiger partial charge in [0.2, 0.25) is 0 Å². The zero-order chi connectivity index (χ0) is 24.5. The third-order valence-corrected chi connectivity index (χ3v) is 6.98. The van der Waals surface area contributed by atoms with E-state index < -0.39 is 0 Å². The first kappa shape index (κ1) is 22.2. The molecule has 1 N–H and O–H groups in total. The molecule has 1 aliphatic heterocycles. The van der Waals surface area contributed by atoms with Crippen molar-refractivity contribution < 1.29 is 4.74 Å². The summed E-state index contributed by atoms with van der Waals surface area (Å²) in [6, 6.07) is 36.3. The Bertz CT molecular complexity index is 1490. The molecule has 0 saturated carbocycles. The Morgan fingerprint density at radius 3 is 2.33 bits per heavy atom. The van der Waals surface area contributed by atoms with Gasteiger partial charge < -0.3 is 14.6 Å². The number of aromatic nitrogens is 2. The first-order valence-electron chi connectivity index (χ1n) is 12.4. The third-order valence-electron chi connectivity index (χ3n) is 6.98. The van der Waals surface area contributed by atoms with Gasteiger partial charge in [0.15, 0.2) is 0 Å². The fourth-order valence-electron chi connectivity index (χ4n) is 5.05. The van der Waals surface area contributed by atoms with Gasteiger partial charge in [-0.05, 0) is 41.8 Å². The quantitative estimate of drug-likeness (QED) is 0.299. The molecule has 1 aliphatic rings. The van der Waals surface area contributed by atoms with E-state index in [9.17, 15) is 0 Å². The summed E-state index contributed by atoms with van der Waals surface area (Å²) in [6.45, 7) is 2.90. The Kier molecular flexibility index (Phi) is 5.78. The number of methoxy groups -OCH3 is 1. The first-order valence-corrected chi connectivity index (χ1v) is 12.4. The van der Waals surface area contributed by atoms with Crippen molar-refractivity contribution in [3.05, 3.63) is 137 Å². The molecule has 4 heteroatoms. The molecule has 1 unspecified atom stereocenters. The van der Waals surface area contributed by atoms with Crippen LogP contribution in [0.4, 0.5) is 5.69 Å². The topological polar surface area (TPSA) is 39.1 Å². The summed E-state index contributed by atoms with van der Waals surface area (Å²) >= 11 is 0. The number of aryl methyl sites for hydroxylation is 1. The molecular weight excluding hydrogens is 442 g/mol. The van der Waals surface area contributed by atoms with Crippen molar-refractivity contribution in [3.63, 3.8) is 0 Å². The van der Waals surface area contributed by atoms with Gasteiger partial charge >= 0.3 is 0 Å². The van der Waals surface area contributed by atoms with E-state index in [1.807, 2.05) is 12.1 Å². The van der Waals surface area contributed by atoms with Crippen molar-refractivity contribution in [2.45, 2.75) is 25.9 Å². The number of ether oxygens (including phenoxy) is 1. The van der Waals surface area contributed by atoms with E-state index in [0.29, 0.717) is 0 Å². The third kappa shape index (κ3) is 4.16. The van der Waals surface area contributed by atoms with Gasteiger partial charge in [-0.2, -0.15) is 0 Å². The molecule has 1 atom stereocenters. The van der Waals surface area contributed by atoms with E-state index in [-0.39, 0.29) is 6.04 Å². The largest absolute Gasteiger partial charge is 0.497 e. The van der Waals surface area contributed by atoms with E-state index in [1.54, 1.807) is 7.11 Å². The molecule has 4 nitrogen and oxygen atoms in total.